The molecule has 0 aliphatic carbocycles. The average Bonchev–Trinajstić information content (AvgIpc) is 2.95. The van der Waals surface area contributed by atoms with Gasteiger partial charge in [0.05, 0.1) is 23.7 Å². The fourth-order valence-corrected chi connectivity index (χ4v) is 3.73. The topological polar surface area (TPSA) is 43.4 Å². The van der Waals surface area contributed by atoms with Crippen LogP contribution in [0.3, 0.4) is 0 Å². The van der Waals surface area contributed by atoms with Gasteiger partial charge in [0.25, 0.3) is 0 Å². The molecule has 0 bridgehead atoms. The molecule has 1 aromatic heterocycles. The van der Waals surface area contributed by atoms with E-state index in [1.807, 2.05) is 18.3 Å². The molecule has 0 fully saturated rings. The number of thiazole rings is 1. The fraction of sp³-hybridized carbons (Fsp3) is 0.471. The van der Waals surface area contributed by atoms with E-state index in [1.165, 1.54) is 9.88 Å². The van der Waals surface area contributed by atoms with Gasteiger partial charge in [0, 0.05) is 29.6 Å². The maximum Gasteiger partial charge on any atom is 0.174 e. The minimum atomic E-state index is 0.108. The van der Waals surface area contributed by atoms with Crippen molar-refractivity contribution in [1.29, 1.82) is 0 Å². The summed E-state index contributed by atoms with van der Waals surface area (Å²) in [7, 11) is 3.28. The number of hydrogen-bond donors (Lipinski definition) is 1. The molecule has 0 aliphatic heterocycles. The first-order valence-corrected chi connectivity index (χ1v) is 9.02. The molecule has 0 atom stereocenters. The maximum absolute atomic E-state index is 5.37. The van der Waals surface area contributed by atoms with Gasteiger partial charge in [-0.25, -0.2) is 4.98 Å². The van der Waals surface area contributed by atoms with Crippen LogP contribution >= 0.6 is 27.3 Å². The summed E-state index contributed by atoms with van der Waals surface area (Å²) in [5.41, 5.74) is 1.24. The van der Waals surface area contributed by atoms with Crippen LogP contribution in [-0.4, -0.2) is 19.2 Å². The lowest BCUT2D eigenvalue weighted by Crippen LogP contribution is -2.12. The summed E-state index contributed by atoms with van der Waals surface area (Å²) in [6.45, 7) is 8.11. The first kappa shape index (κ1) is 18.2. The van der Waals surface area contributed by atoms with Crippen LogP contribution in [0.15, 0.2) is 22.8 Å². The molecule has 0 unspecified atom stereocenters. The molecule has 0 radical (unpaired) electrons. The fourth-order valence-electron chi connectivity index (χ4n) is 2.14. The van der Waals surface area contributed by atoms with E-state index >= 15 is 0 Å². The van der Waals surface area contributed by atoms with Gasteiger partial charge in [-0.05, 0) is 33.6 Å². The van der Waals surface area contributed by atoms with Gasteiger partial charge in [-0.2, -0.15) is 0 Å². The van der Waals surface area contributed by atoms with E-state index in [4.69, 9.17) is 9.47 Å². The molecule has 0 aliphatic rings. The number of nitrogens with one attached hydrogen (secondary N) is 1. The van der Waals surface area contributed by atoms with Crippen LogP contribution in [0, 0.1) is 0 Å². The monoisotopic (exact) mass is 398 g/mol. The molecule has 0 amide bonds. The van der Waals surface area contributed by atoms with E-state index in [0.29, 0.717) is 5.75 Å². The molecular weight excluding hydrogens is 376 g/mol. The number of hydrogen-bond acceptors (Lipinski definition) is 5. The summed E-state index contributed by atoms with van der Waals surface area (Å²) in [5.74, 6) is 1.44. The highest BCUT2D eigenvalue weighted by molar-refractivity contribution is 9.10. The molecule has 2 aromatic rings. The van der Waals surface area contributed by atoms with Crippen molar-refractivity contribution < 1.29 is 9.47 Å². The lowest BCUT2D eigenvalue weighted by atomic mass is 9.98. The Labute approximate surface area is 150 Å². The quantitative estimate of drug-likeness (QED) is 0.776. The van der Waals surface area contributed by atoms with Gasteiger partial charge < -0.3 is 14.8 Å². The van der Waals surface area contributed by atoms with Crippen molar-refractivity contribution in [3.8, 4) is 11.5 Å². The Kier molecular flexibility index (Phi) is 6.06. The highest BCUT2D eigenvalue weighted by atomic mass is 79.9. The van der Waals surface area contributed by atoms with E-state index < -0.39 is 0 Å². The van der Waals surface area contributed by atoms with E-state index in [1.54, 1.807) is 25.6 Å². The molecule has 23 heavy (non-hydrogen) atoms. The first-order valence-electron chi connectivity index (χ1n) is 7.41. The van der Waals surface area contributed by atoms with Crippen molar-refractivity contribution in [2.75, 3.05) is 14.2 Å². The number of rotatable bonds is 6. The number of halogens is 1. The van der Waals surface area contributed by atoms with Crippen LogP contribution in [0.1, 0.15) is 36.2 Å². The van der Waals surface area contributed by atoms with Crippen LogP contribution in [0.25, 0.3) is 0 Å². The van der Waals surface area contributed by atoms with Crippen molar-refractivity contribution in [1.82, 2.24) is 10.3 Å². The summed E-state index contributed by atoms with van der Waals surface area (Å²) in [4.78, 5) is 5.76. The SMILES string of the molecule is COc1cc(CNCc2cnc(C(C)(C)C)s2)cc(Br)c1OC. The van der Waals surface area contributed by atoms with Crippen LogP contribution < -0.4 is 14.8 Å². The van der Waals surface area contributed by atoms with Gasteiger partial charge in [-0.3, -0.25) is 0 Å². The van der Waals surface area contributed by atoms with Crippen LogP contribution in [0.4, 0.5) is 0 Å². The summed E-state index contributed by atoms with van der Waals surface area (Å²) in [6, 6.07) is 4.03. The Balaban J connectivity index is 1.99. The lowest BCUT2D eigenvalue weighted by molar-refractivity contribution is 0.352. The van der Waals surface area contributed by atoms with Crippen LogP contribution in [-0.2, 0) is 18.5 Å². The van der Waals surface area contributed by atoms with Gasteiger partial charge >= 0.3 is 0 Å². The lowest BCUT2D eigenvalue weighted by Gasteiger charge is -2.13. The Morgan fingerprint density at radius 1 is 1.17 bits per heavy atom. The second kappa shape index (κ2) is 7.64. The van der Waals surface area contributed by atoms with Gasteiger partial charge in [-0.1, -0.05) is 20.8 Å². The standard InChI is InChI=1S/C17H23BrN2O2S/c1-17(2,3)16-20-10-12(23-16)9-19-8-11-6-13(18)15(22-5)14(7-11)21-4/h6-7,10,19H,8-9H2,1-5H3. The molecule has 6 heteroatoms. The molecule has 1 heterocycles. The van der Waals surface area contributed by atoms with E-state index in [-0.39, 0.29) is 5.41 Å². The summed E-state index contributed by atoms with van der Waals surface area (Å²) >= 11 is 5.28. The Morgan fingerprint density at radius 2 is 1.91 bits per heavy atom. The maximum atomic E-state index is 5.37. The third kappa shape index (κ3) is 4.68. The summed E-state index contributed by atoms with van der Waals surface area (Å²) in [5, 5.41) is 4.62. The molecule has 2 rings (SSSR count). The number of benzene rings is 1. The molecule has 126 valence electrons. The molecule has 4 nitrogen and oxygen atoms in total. The van der Waals surface area contributed by atoms with E-state index in [2.05, 4.69) is 47.0 Å². The van der Waals surface area contributed by atoms with Crippen molar-refractivity contribution in [3.63, 3.8) is 0 Å². The third-order valence-corrected chi connectivity index (χ3v) is 5.33. The van der Waals surface area contributed by atoms with Gasteiger partial charge in [0.15, 0.2) is 11.5 Å². The number of nitrogens with zero attached hydrogens (tertiary/aromatic N) is 1. The van der Waals surface area contributed by atoms with Gasteiger partial charge in [-0.15, -0.1) is 11.3 Å². The predicted octanol–water partition coefficient (Wildman–Crippen LogP) is 4.51. The highest BCUT2D eigenvalue weighted by Gasteiger charge is 2.17. The van der Waals surface area contributed by atoms with Crippen LogP contribution in [0.5, 0.6) is 11.5 Å². The smallest absolute Gasteiger partial charge is 0.174 e. The molecule has 0 spiro atoms. The zero-order valence-corrected chi connectivity index (χ0v) is 16.6. The highest BCUT2D eigenvalue weighted by Crippen LogP contribution is 2.36. The predicted molar refractivity (Wildman–Crippen MR) is 98.6 cm³/mol. The van der Waals surface area contributed by atoms with Crippen molar-refractivity contribution in [2.45, 2.75) is 39.3 Å². The van der Waals surface area contributed by atoms with Gasteiger partial charge in [0.2, 0.25) is 0 Å². The minimum absolute atomic E-state index is 0.108. The normalized spacial score (nSPS) is 11.6. The van der Waals surface area contributed by atoms with Crippen molar-refractivity contribution in [3.05, 3.63) is 38.3 Å². The molecule has 1 N–H and O–H groups in total. The number of aromatic nitrogens is 1. The van der Waals surface area contributed by atoms with Crippen LogP contribution in [0.2, 0.25) is 0 Å². The molecule has 1 aromatic carbocycles. The molecule has 0 saturated heterocycles. The van der Waals surface area contributed by atoms with Gasteiger partial charge in [0.1, 0.15) is 0 Å². The molecule has 0 saturated carbocycles. The second-order valence-electron chi connectivity index (χ2n) is 6.30. The second-order valence-corrected chi connectivity index (χ2v) is 8.27. The molecular formula is C17H23BrN2O2S. The summed E-state index contributed by atoms with van der Waals surface area (Å²) < 4.78 is 11.6. The largest absolute Gasteiger partial charge is 0.493 e. The Bertz CT molecular complexity index is 665. The average molecular weight is 399 g/mol. The Hall–Kier alpha value is -1.11. The van der Waals surface area contributed by atoms with E-state index in [0.717, 1.165) is 28.9 Å². The number of ether oxygens (including phenoxy) is 2. The zero-order valence-electron chi connectivity index (χ0n) is 14.2. The zero-order chi connectivity index (χ0) is 17.0. The number of methoxy groups -OCH3 is 2. The minimum Gasteiger partial charge on any atom is -0.493 e. The van der Waals surface area contributed by atoms with Crippen molar-refractivity contribution >= 4 is 27.3 Å². The summed E-state index contributed by atoms with van der Waals surface area (Å²) in [6.07, 6.45) is 1.96. The third-order valence-electron chi connectivity index (χ3n) is 3.32. The first-order chi connectivity index (χ1) is 10.8. The van der Waals surface area contributed by atoms with E-state index in [9.17, 15) is 0 Å². The Morgan fingerprint density at radius 3 is 2.48 bits per heavy atom. The van der Waals surface area contributed by atoms with Crippen molar-refractivity contribution in [2.24, 2.45) is 0 Å².